The second-order valence-electron chi connectivity index (χ2n) is 8.60. The molecule has 5 nitrogen and oxygen atoms in total. The minimum atomic E-state index is -0.153. The largest absolute Gasteiger partial charge is 0.491 e. The zero-order valence-electron chi connectivity index (χ0n) is 18.3. The van der Waals surface area contributed by atoms with Crippen LogP contribution >= 0.6 is 0 Å². The third-order valence-electron chi connectivity index (χ3n) is 5.92. The molecule has 2 aromatic carbocycles. The minimum absolute atomic E-state index is 0.0605. The highest BCUT2D eigenvalue weighted by Gasteiger charge is 2.29. The number of carbonyl (C=O) groups excluding carboxylic acids is 2. The van der Waals surface area contributed by atoms with Crippen molar-refractivity contribution in [1.82, 2.24) is 9.88 Å². The SMILES string of the molecule is CC(C)Oc1cccc(C(=O)C2CCCN(C(=O)CCc3c[nH]c4ccccc34)C2)c1. The molecular weight excluding hydrogens is 388 g/mol. The Kier molecular flexibility index (Phi) is 6.40. The van der Waals surface area contributed by atoms with Crippen LogP contribution in [0.3, 0.4) is 0 Å². The number of benzene rings is 2. The van der Waals surface area contributed by atoms with Crippen LogP contribution in [0.15, 0.2) is 54.7 Å². The third kappa shape index (κ3) is 4.98. The first-order valence-electron chi connectivity index (χ1n) is 11.1. The number of para-hydroxylation sites is 1. The van der Waals surface area contributed by atoms with Crippen LogP contribution in [0.4, 0.5) is 0 Å². The summed E-state index contributed by atoms with van der Waals surface area (Å²) in [7, 11) is 0. The number of likely N-dealkylation sites (tertiary alicyclic amines) is 1. The Morgan fingerprint density at radius 2 is 2.00 bits per heavy atom. The highest BCUT2D eigenvalue weighted by Crippen LogP contribution is 2.25. The summed E-state index contributed by atoms with van der Waals surface area (Å²) in [6.45, 7) is 5.17. The maximum atomic E-state index is 13.1. The third-order valence-corrected chi connectivity index (χ3v) is 5.92. The normalized spacial score (nSPS) is 16.6. The van der Waals surface area contributed by atoms with Crippen molar-refractivity contribution in [1.29, 1.82) is 0 Å². The molecule has 1 aromatic heterocycles. The molecule has 1 fully saturated rings. The summed E-state index contributed by atoms with van der Waals surface area (Å²) in [6, 6.07) is 15.5. The van der Waals surface area contributed by atoms with Gasteiger partial charge >= 0.3 is 0 Å². The molecule has 1 aliphatic rings. The Bertz CT molecular complexity index is 1070. The van der Waals surface area contributed by atoms with Crippen molar-refractivity contribution in [2.75, 3.05) is 13.1 Å². The molecular formula is C26H30N2O3. The number of amides is 1. The smallest absolute Gasteiger partial charge is 0.222 e. The van der Waals surface area contributed by atoms with Crippen LogP contribution in [0.25, 0.3) is 10.9 Å². The van der Waals surface area contributed by atoms with E-state index in [-0.39, 0.29) is 23.7 Å². The fourth-order valence-electron chi connectivity index (χ4n) is 4.39. The van der Waals surface area contributed by atoms with E-state index in [4.69, 9.17) is 4.74 Å². The standard InChI is InChI=1S/C26H30N2O3/c1-18(2)31-22-9-5-7-19(15-22)26(30)21-8-6-14-28(17-21)25(29)13-12-20-16-27-24-11-4-3-10-23(20)24/h3-5,7,9-11,15-16,18,21,27H,6,8,12-14,17H2,1-2H3. The molecule has 5 heteroatoms. The van der Waals surface area contributed by atoms with E-state index in [1.807, 2.05) is 67.4 Å². The van der Waals surface area contributed by atoms with Gasteiger partial charge in [-0.15, -0.1) is 0 Å². The summed E-state index contributed by atoms with van der Waals surface area (Å²) < 4.78 is 5.73. The molecule has 0 spiro atoms. The Morgan fingerprint density at radius 3 is 2.84 bits per heavy atom. The number of hydrogen-bond donors (Lipinski definition) is 1. The first-order valence-corrected chi connectivity index (χ1v) is 11.1. The number of nitrogens with one attached hydrogen (secondary N) is 1. The van der Waals surface area contributed by atoms with E-state index in [1.54, 1.807) is 0 Å². The van der Waals surface area contributed by atoms with Crippen LogP contribution in [0.2, 0.25) is 0 Å². The summed E-state index contributed by atoms with van der Waals surface area (Å²) in [5, 5.41) is 1.17. The Morgan fingerprint density at radius 1 is 1.16 bits per heavy atom. The van der Waals surface area contributed by atoms with Gasteiger partial charge in [0.15, 0.2) is 5.78 Å². The Hall–Kier alpha value is -3.08. The maximum absolute atomic E-state index is 13.1. The van der Waals surface area contributed by atoms with Crippen LogP contribution in [0.1, 0.15) is 49.0 Å². The molecule has 162 valence electrons. The highest BCUT2D eigenvalue weighted by atomic mass is 16.5. The maximum Gasteiger partial charge on any atom is 0.222 e. The van der Waals surface area contributed by atoms with Gasteiger partial charge in [-0.05, 0) is 56.9 Å². The van der Waals surface area contributed by atoms with Crippen LogP contribution < -0.4 is 4.74 Å². The van der Waals surface area contributed by atoms with Crippen LogP contribution in [0, 0.1) is 5.92 Å². The van der Waals surface area contributed by atoms with E-state index in [0.29, 0.717) is 30.7 Å². The van der Waals surface area contributed by atoms with Crippen molar-refractivity contribution in [3.05, 3.63) is 65.9 Å². The Balaban J connectivity index is 1.37. The van der Waals surface area contributed by atoms with Crippen LogP contribution in [-0.4, -0.2) is 40.8 Å². The van der Waals surface area contributed by atoms with Gasteiger partial charge in [0.05, 0.1) is 6.10 Å². The number of aromatic nitrogens is 1. The average Bonchev–Trinajstić information content (AvgIpc) is 3.20. The van der Waals surface area contributed by atoms with Gasteiger partial charge in [0.1, 0.15) is 5.75 Å². The second-order valence-corrected chi connectivity index (χ2v) is 8.60. The van der Waals surface area contributed by atoms with E-state index in [0.717, 1.165) is 30.5 Å². The van der Waals surface area contributed by atoms with Gasteiger partial charge in [0.2, 0.25) is 5.91 Å². The van der Waals surface area contributed by atoms with Gasteiger partial charge in [-0.3, -0.25) is 9.59 Å². The van der Waals surface area contributed by atoms with Crippen LogP contribution in [-0.2, 0) is 11.2 Å². The lowest BCUT2D eigenvalue weighted by Gasteiger charge is -2.32. The molecule has 4 rings (SSSR count). The molecule has 1 atom stereocenters. The first kappa shape index (κ1) is 21.2. The lowest BCUT2D eigenvalue weighted by Crippen LogP contribution is -2.42. The quantitative estimate of drug-likeness (QED) is 0.549. The van der Waals surface area contributed by atoms with E-state index >= 15 is 0 Å². The van der Waals surface area contributed by atoms with Crippen molar-refractivity contribution in [3.8, 4) is 5.75 Å². The number of rotatable bonds is 7. The van der Waals surface area contributed by atoms with Gasteiger partial charge in [0, 0.05) is 48.1 Å². The van der Waals surface area contributed by atoms with Crippen molar-refractivity contribution in [2.24, 2.45) is 5.92 Å². The molecule has 2 heterocycles. The fraction of sp³-hybridized carbons (Fsp3) is 0.385. The number of carbonyl (C=O) groups is 2. The van der Waals surface area contributed by atoms with Gasteiger partial charge in [0.25, 0.3) is 0 Å². The van der Waals surface area contributed by atoms with Gasteiger partial charge in [-0.25, -0.2) is 0 Å². The van der Waals surface area contributed by atoms with Crippen molar-refractivity contribution >= 4 is 22.6 Å². The molecule has 3 aromatic rings. The lowest BCUT2D eigenvalue weighted by atomic mass is 9.89. The predicted molar refractivity (Wildman–Crippen MR) is 122 cm³/mol. The monoisotopic (exact) mass is 418 g/mol. The van der Waals surface area contributed by atoms with Crippen molar-refractivity contribution in [2.45, 2.75) is 45.6 Å². The van der Waals surface area contributed by atoms with E-state index < -0.39 is 0 Å². The molecule has 1 amide bonds. The van der Waals surface area contributed by atoms with Crippen LogP contribution in [0.5, 0.6) is 5.75 Å². The number of nitrogens with zero attached hydrogens (tertiary/aromatic N) is 1. The summed E-state index contributed by atoms with van der Waals surface area (Å²) in [5.74, 6) is 0.784. The van der Waals surface area contributed by atoms with E-state index in [2.05, 4.69) is 11.1 Å². The van der Waals surface area contributed by atoms with Gasteiger partial charge < -0.3 is 14.6 Å². The summed E-state index contributed by atoms with van der Waals surface area (Å²) in [6.07, 6.45) is 4.89. The average molecular weight is 419 g/mol. The highest BCUT2D eigenvalue weighted by molar-refractivity contribution is 5.98. The molecule has 1 aliphatic heterocycles. The number of aryl methyl sites for hydroxylation is 1. The number of H-pyrrole nitrogens is 1. The summed E-state index contributed by atoms with van der Waals surface area (Å²) in [4.78, 5) is 31.1. The minimum Gasteiger partial charge on any atom is -0.491 e. The topological polar surface area (TPSA) is 62.4 Å². The number of piperidine rings is 1. The lowest BCUT2D eigenvalue weighted by molar-refractivity contribution is -0.132. The first-order chi connectivity index (χ1) is 15.0. The summed E-state index contributed by atoms with van der Waals surface area (Å²) in [5.41, 5.74) is 2.92. The van der Waals surface area contributed by atoms with E-state index in [9.17, 15) is 9.59 Å². The van der Waals surface area contributed by atoms with Gasteiger partial charge in [-0.2, -0.15) is 0 Å². The number of aromatic amines is 1. The fourth-order valence-corrected chi connectivity index (χ4v) is 4.39. The molecule has 0 aliphatic carbocycles. The summed E-state index contributed by atoms with van der Waals surface area (Å²) >= 11 is 0. The second kappa shape index (κ2) is 9.38. The van der Waals surface area contributed by atoms with E-state index in [1.165, 1.54) is 5.39 Å². The number of hydrogen-bond acceptors (Lipinski definition) is 3. The van der Waals surface area contributed by atoms with Crippen molar-refractivity contribution < 1.29 is 14.3 Å². The zero-order valence-corrected chi connectivity index (χ0v) is 18.3. The number of fused-ring (bicyclic) bond motifs is 1. The number of ketones is 1. The predicted octanol–water partition coefficient (Wildman–Crippen LogP) is 5.01. The van der Waals surface area contributed by atoms with Gasteiger partial charge in [-0.1, -0.05) is 30.3 Å². The molecule has 0 bridgehead atoms. The molecule has 0 saturated carbocycles. The molecule has 1 saturated heterocycles. The number of Topliss-reactive ketones (excluding diaryl/α,β-unsaturated/α-hetero) is 1. The van der Waals surface area contributed by atoms with Crippen molar-refractivity contribution in [3.63, 3.8) is 0 Å². The molecule has 31 heavy (non-hydrogen) atoms. The number of ether oxygens (including phenoxy) is 1. The molecule has 1 unspecified atom stereocenters. The Labute approximate surface area is 183 Å². The molecule has 1 N–H and O–H groups in total. The molecule has 0 radical (unpaired) electrons. The zero-order chi connectivity index (χ0) is 21.8.